The fourth-order valence-corrected chi connectivity index (χ4v) is 3.37. The lowest BCUT2D eigenvalue weighted by Gasteiger charge is -2.25. The summed E-state index contributed by atoms with van der Waals surface area (Å²) in [5.74, 6) is -0.860. The molecule has 0 saturated heterocycles. The van der Waals surface area contributed by atoms with Crippen molar-refractivity contribution in [1.29, 1.82) is 0 Å². The third-order valence-corrected chi connectivity index (χ3v) is 4.28. The number of aromatic hydroxyl groups is 1. The van der Waals surface area contributed by atoms with Crippen LogP contribution in [0.1, 0.15) is 53.9 Å². The van der Waals surface area contributed by atoms with Crippen LogP contribution in [0.15, 0.2) is 18.2 Å². The van der Waals surface area contributed by atoms with Crippen LogP contribution in [0.3, 0.4) is 0 Å². The number of carbonyl (C=O) groups is 1. The molecule has 1 fully saturated rings. The van der Waals surface area contributed by atoms with Crippen LogP contribution in [0.25, 0.3) is 10.9 Å². The molecule has 1 saturated carbocycles. The first-order valence-corrected chi connectivity index (χ1v) is 7.24. The van der Waals surface area contributed by atoms with Crippen molar-refractivity contribution in [3.05, 3.63) is 29.3 Å². The minimum absolute atomic E-state index is 0.0289. The van der Waals surface area contributed by atoms with Crippen LogP contribution in [0.4, 0.5) is 5.82 Å². The van der Waals surface area contributed by atoms with Gasteiger partial charge in [0.2, 0.25) is 0 Å². The number of hydrogen-bond acceptors (Lipinski definition) is 4. The second-order valence-electron chi connectivity index (χ2n) is 5.60. The van der Waals surface area contributed by atoms with Gasteiger partial charge in [0.1, 0.15) is 17.1 Å². The van der Waals surface area contributed by atoms with Crippen LogP contribution in [0, 0.1) is 0 Å². The number of benzene rings is 1. The highest BCUT2D eigenvalue weighted by molar-refractivity contribution is 6.02. The molecular formula is C16H18N2O3. The van der Waals surface area contributed by atoms with Crippen LogP contribution >= 0.6 is 0 Å². The number of rotatable bonds is 2. The molecule has 1 aliphatic rings. The van der Waals surface area contributed by atoms with Gasteiger partial charge in [-0.3, -0.25) is 0 Å². The highest BCUT2D eigenvalue weighted by Gasteiger charge is 2.27. The van der Waals surface area contributed by atoms with E-state index in [2.05, 4.69) is 4.98 Å². The molecule has 2 aromatic rings. The first kappa shape index (κ1) is 13.7. The Balaban J connectivity index is 2.35. The van der Waals surface area contributed by atoms with Crippen molar-refractivity contribution >= 4 is 22.7 Å². The Morgan fingerprint density at radius 1 is 1.24 bits per heavy atom. The number of anilines is 1. The minimum atomic E-state index is -1.08. The maximum absolute atomic E-state index is 11.6. The molecular weight excluding hydrogens is 268 g/mol. The van der Waals surface area contributed by atoms with Crippen molar-refractivity contribution in [2.75, 3.05) is 5.73 Å². The number of aromatic nitrogens is 1. The maximum atomic E-state index is 11.6. The number of hydrogen-bond donors (Lipinski definition) is 3. The summed E-state index contributed by atoms with van der Waals surface area (Å²) in [7, 11) is 0. The van der Waals surface area contributed by atoms with E-state index in [-0.39, 0.29) is 23.0 Å². The normalized spacial score (nSPS) is 16.2. The molecule has 0 aliphatic heterocycles. The Bertz CT molecular complexity index is 706. The molecule has 5 nitrogen and oxygen atoms in total. The maximum Gasteiger partial charge on any atom is 0.339 e. The van der Waals surface area contributed by atoms with E-state index >= 15 is 0 Å². The van der Waals surface area contributed by atoms with E-state index in [9.17, 15) is 15.0 Å². The Morgan fingerprint density at radius 2 is 1.95 bits per heavy atom. The van der Waals surface area contributed by atoms with Crippen molar-refractivity contribution < 1.29 is 15.0 Å². The molecule has 110 valence electrons. The second kappa shape index (κ2) is 5.24. The molecule has 0 atom stereocenters. The average Bonchev–Trinajstić information content (AvgIpc) is 2.46. The van der Waals surface area contributed by atoms with Crippen molar-refractivity contribution in [3.63, 3.8) is 0 Å². The van der Waals surface area contributed by atoms with Gasteiger partial charge < -0.3 is 15.9 Å². The Morgan fingerprint density at radius 3 is 2.62 bits per heavy atom. The Kier molecular flexibility index (Phi) is 3.41. The van der Waals surface area contributed by atoms with Crippen LogP contribution in [-0.4, -0.2) is 21.2 Å². The zero-order chi connectivity index (χ0) is 15.0. The Labute approximate surface area is 122 Å². The average molecular weight is 286 g/mol. The number of nitrogen functional groups attached to an aromatic ring is 1. The number of carboxylic acids is 1. The van der Waals surface area contributed by atoms with Crippen LogP contribution < -0.4 is 5.73 Å². The van der Waals surface area contributed by atoms with E-state index in [0.29, 0.717) is 16.5 Å². The highest BCUT2D eigenvalue weighted by Crippen LogP contribution is 2.42. The summed E-state index contributed by atoms with van der Waals surface area (Å²) in [5.41, 5.74) is 7.13. The molecule has 1 aliphatic carbocycles. The van der Waals surface area contributed by atoms with Gasteiger partial charge in [0.25, 0.3) is 0 Å². The molecule has 3 rings (SSSR count). The minimum Gasteiger partial charge on any atom is -0.507 e. The van der Waals surface area contributed by atoms with E-state index in [0.717, 1.165) is 25.7 Å². The number of phenolic OH excluding ortho intramolecular Hbond substituents is 1. The lowest BCUT2D eigenvalue weighted by atomic mass is 9.80. The molecule has 4 N–H and O–H groups in total. The van der Waals surface area contributed by atoms with Gasteiger partial charge in [-0.1, -0.05) is 25.3 Å². The van der Waals surface area contributed by atoms with Gasteiger partial charge in [-0.25, -0.2) is 9.78 Å². The second-order valence-corrected chi connectivity index (χ2v) is 5.60. The van der Waals surface area contributed by atoms with E-state index in [1.165, 1.54) is 6.42 Å². The summed E-state index contributed by atoms with van der Waals surface area (Å²) < 4.78 is 0. The van der Waals surface area contributed by atoms with Crippen molar-refractivity contribution in [3.8, 4) is 5.75 Å². The molecule has 0 bridgehead atoms. The Hall–Kier alpha value is -2.30. The predicted molar refractivity (Wildman–Crippen MR) is 80.6 cm³/mol. The number of nitrogens with two attached hydrogens (primary N) is 1. The lowest BCUT2D eigenvalue weighted by Crippen LogP contribution is -2.15. The van der Waals surface area contributed by atoms with Gasteiger partial charge in [-0.15, -0.1) is 0 Å². The molecule has 1 aromatic heterocycles. The lowest BCUT2D eigenvalue weighted by molar-refractivity contribution is 0.0696. The molecule has 1 aromatic carbocycles. The zero-order valence-electron chi connectivity index (χ0n) is 11.7. The molecule has 21 heavy (non-hydrogen) atoms. The molecule has 1 heterocycles. The van der Waals surface area contributed by atoms with Gasteiger partial charge in [-0.2, -0.15) is 0 Å². The highest BCUT2D eigenvalue weighted by atomic mass is 16.4. The first-order chi connectivity index (χ1) is 10.1. The number of carboxylic acid groups (broad SMARTS) is 1. The van der Waals surface area contributed by atoms with E-state index < -0.39 is 5.97 Å². The molecule has 0 unspecified atom stereocenters. The third kappa shape index (κ3) is 2.28. The van der Waals surface area contributed by atoms with E-state index in [4.69, 9.17) is 5.73 Å². The molecule has 5 heteroatoms. The molecule has 0 amide bonds. The van der Waals surface area contributed by atoms with Crippen molar-refractivity contribution in [2.45, 2.75) is 38.0 Å². The van der Waals surface area contributed by atoms with Crippen molar-refractivity contribution in [1.82, 2.24) is 4.98 Å². The smallest absolute Gasteiger partial charge is 0.339 e. The van der Waals surface area contributed by atoms with Gasteiger partial charge in [0, 0.05) is 5.39 Å². The molecule has 0 radical (unpaired) electrons. The summed E-state index contributed by atoms with van der Waals surface area (Å²) in [4.78, 5) is 15.8. The van der Waals surface area contributed by atoms with Crippen LogP contribution in [0.5, 0.6) is 5.75 Å². The van der Waals surface area contributed by atoms with Gasteiger partial charge >= 0.3 is 5.97 Å². The number of fused-ring (bicyclic) bond motifs is 1. The predicted octanol–water partition coefficient (Wildman–Crippen LogP) is 3.27. The summed E-state index contributed by atoms with van der Waals surface area (Å²) in [6, 6.07) is 5.01. The van der Waals surface area contributed by atoms with E-state index in [1.54, 1.807) is 18.2 Å². The number of phenols is 1. The number of nitrogens with zero attached hydrogens (tertiary/aromatic N) is 1. The molecule has 0 spiro atoms. The third-order valence-electron chi connectivity index (χ3n) is 4.28. The summed E-state index contributed by atoms with van der Waals surface area (Å²) in [6.07, 6.45) is 5.16. The van der Waals surface area contributed by atoms with Gasteiger partial charge in [0.05, 0.1) is 5.52 Å². The SMILES string of the molecule is Nc1nc2cccc(O)c2c(C2CCCCC2)c1C(=O)O. The number of aromatic carboxylic acids is 1. The summed E-state index contributed by atoms with van der Waals surface area (Å²) in [5, 5.41) is 20.3. The van der Waals surface area contributed by atoms with Crippen LogP contribution in [0.2, 0.25) is 0 Å². The van der Waals surface area contributed by atoms with Crippen molar-refractivity contribution in [2.24, 2.45) is 0 Å². The first-order valence-electron chi connectivity index (χ1n) is 7.24. The fraction of sp³-hybridized carbons (Fsp3) is 0.375. The van der Waals surface area contributed by atoms with E-state index in [1.807, 2.05) is 0 Å². The number of pyridine rings is 1. The van der Waals surface area contributed by atoms with Gasteiger partial charge in [0.15, 0.2) is 0 Å². The zero-order valence-corrected chi connectivity index (χ0v) is 11.7. The fourth-order valence-electron chi connectivity index (χ4n) is 3.37. The summed E-state index contributed by atoms with van der Waals surface area (Å²) in [6.45, 7) is 0. The van der Waals surface area contributed by atoms with Gasteiger partial charge in [-0.05, 0) is 36.5 Å². The van der Waals surface area contributed by atoms with Crippen LogP contribution in [-0.2, 0) is 0 Å². The summed E-state index contributed by atoms with van der Waals surface area (Å²) >= 11 is 0. The standard InChI is InChI=1S/C16H18N2O3/c17-15-14(16(20)21)12(9-5-2-1-3-6-9)13-10(18-15)7-4-8-11(13)19/h4,7-9,19H,1-3,5-6H2,(H2,17,18)(H,20,21). The monoisotopic (exact) mass is 286 g/mol. The largest absolute Gasteiger partial charge is 0.507 e. The quantitative estimate of drug-likeness (QED) is 0.787. The topological polar surface area (TPSA) is 96.4 Å².